The van der Waals surface area contributed by atoms with Gasteiger partial charge in [-0.3, -0.25) is 9.48 Å². The number of carbonyl (C=O) groups is 1. The predicted molar refractivity (Wildman–Crippen MR) is 102 cm³/mol. The summed E-state index contributed by atoms with van der Waals surface area (Å²) in [5.74, 6) is 1.88. The van der Waals surface area contributed by atoms with E-state index in [2.05, 4.69) is 15.2 Å². The SMILES string of the molecule is Cc1nc(Cn2ccc(-c3cccc(-c4ccc(C(=O)N(C)C)o4)c3)n2)no1. The highest BCUT2D eigenvalue weighted by Gasteiger charge is 2.14. The Morgan fingerprint density at radius 2 is 1.96 bits per heavy atom. The minimum atomic E-state index is -0.169. The molecule has 0 aliphatic carbocycles. The van der Waals surface area contributed by atoms with Crippen molar-refractivity contribution >= 4 is 5.91 Å². The highest BCUT2D eigenvalue weighted by atomic mass is 16.5. The van der Waals surface area contributed by atoms with Crippen molar-refractivity contribution in [3.63, 3.8) is 0 Å². The zero-order valence-corrected chi connectivity index (χ0v) is 15.8. The van der Waals surface area contributed by atoms with Crippen LogP contribution in [0.4, 0.5) is 0 Å². The molecular weight excluding hydrogens is 358 g/mol. The molecule has 0 saturated carbocycles. The van der Waals surface area contributed by atoms with Gasteiger partial charge >= 0.3 is 0 Å². The molecule has 0 aliphatic rings. The van der Waals surface area contributed by atoms with Crippen LogP contribution in [0.3, 0.4) is 0 Å². The average Bonchev–Trinajstić information content (AvgIpc) is 3.43. The molecule has 0 atom stereocenters. The summed E-state index contributed by atoms with van der Waals surface area (Å²) in [7, 11) is 3.38. The molecule has 0 N–H and O–H groups in total. The molecular formula is C20H19N5O3. The standard InChI is InChI=1S/C20H19N5O3/c1-13-21-19(23-28-13)12-25-10-9-16(22-25)14-5-4-6-15(11-14)17-7-8-18(27-17)20(26)24(2)3/h4-11H,12H2,1-3H3. The first-order chi connectivity index (χ1) is 13.5. The summed E-state index contributed by atoms with van der Waals surface area (Å²) >= 11 is 0. The summed E-state index contributed by atoms with van der Waals surface area (Å²) in [6, 6.07) is 13.2. The van der Waals surface area contributed by atoms with Crippen LogP contribution in [-0.2, 0) is 6.54 Å². The molecule has 8 heteroatoms. The third-order valence-electron chi connectivity index (χ3n) is 4.18. The van der Waals surface area contributed by atoms with Crippen molar-refractivity contribution in [3.8, 4) is 22.6 Å². The number of carbonyl (C=O) groups excluding carboxylic acids is 1. The van der Waals surface area contributed by atoms with Gasteiger partial charge < -0.3 is 13.8 Å². The Morgan fingerprint density at radius 3 is 2.71 bits per heavy atom. The Labute approximate surface area is 161 Å². The zero-order chi connectivity index (χ0) is 19.7. The molecule has 1 aromatic carbocycles. The van der Waals surface area contributed by atoms with Gasteiger partial charge in [0, 0.05) is 38.3 Å². The lowest BCUT2D eigenvalue weighted by molar-refractivity contribution is 0.0797. The molecule has 4 aromatic rings. The number of nitrogens with zero attached hydrogens (tertiary/aromatic N) is 5. The summed E-state index contributed by atoms with van der Waals surface area (Å²) < 4.78 is 12.5. The number of aromatic nitrogens is 4. The van der Waals surface area contributed by atoms with E-state index >= 15 is 0 Å². The molecule has 142 valence electrons. The van der Waals surface area contributed by atoms with Crippen LogP contribution in [0.25, 0.3) is 22.6 Å². The van der Waals surface area contributed by atoms with E-state index in [1.165, 1.54) is 4.90 Å². The monoisotopic (exact) mass is 377 g/mol. The van der Waals surface area contributed by atoms with Gasteiger partial charge in [0.05, 0.1) is 5.69 Å². The molecule has 0 saturated heterocycles. The van der Waals surface area contributed by atoms with Crippen LogP contribution in [0.5, 0.6) is 0 Å². The fraction of sp³-hybridized carbons (Fsp3) is 0.200. The van der Waals surface area contributed by atoms with Crippen molar-refractivity contribution in [2.24, 2.45) is 0 Å². The number of rotatable bonds is 5. The number of benzene rings is 1. The van der Waals surface area contributed by atoms with Gasteiger partial charge in [0.1, 0.15) is 12.3 Å². The highest BCUT2D eigenvalue weighted by molar-refractivity contribution is 5.91. The van der Waals surface area contributed by atoms with Gasteiger partial charge in [-0.1, -0.05) is 23.4 Å². The van der Waals surface area contributed by atoms with E-state index in [0.29, 0.717) is 29.8 Å². The highest BCUT2D eigenvalue weighted by Crippen LogP contribution is 2.27. The van der Waals surface area contributed by atoms with E-state index in [4.69, 9.17) is 8.94 Å². The average molecular weight is 377 g/mol. The number of hydrogen-bond acceptors (Lipinski definition) is 6. The second kappa shape index (κ2) is 7.15. The van der Waals surface area contributed by atoms with E-state index in [-0.39, 0.29) is 5.91 Å². The summed E-state index contributed by atoms with van der Waals surface area (Å²) in [5, 5.41) is 8.47. The predicted octanol–water partition coefficient (Wildman–Crippen LogP) is 3.25. The molecule has 0 radical (unpaired) electrons. The van der Waals surface area contributed by atoms with Crippen molar-refractivity contribution in [1.29, 1.82) is 0 Å². The molecule has 0 spiro atoms. The molecule has 0 unspecified atom stereocenters. The number of hydrogen-bond donors (Lipinski definition) is 0. The quantitative estimate of drug-likeness (QED) is 0.530. The molecule has 1 amide bonds. The van der Waals surface area contributed by atoms with Gasteiger partial charge in [0.25, 0.3) is 5.91 Å². The Balaban J connectivity index is 1.57. The molecule has 28 heavy (non-hydrogen) atoms. The largest absolute Gasteiger partial charge is 0.451 e. The van der Waals surface area contributed by atoms with Crippen molar-refractivity contribution in [1.82, 2.24) is 24.8 Å². The Morgan fingerprint density at radius 1 is 1.14 bits per heavy atom. The molecule has 0 fully saturated rings. The Kier molecular flexibility index (Phi) is 4.52. The fourth-order valence-electron chi connectivity index (χ4n) is 2.81. The van der Waals surface area contributed by atoms with E-state index < -0.39 is 0 Å². The van der Waals surface area contributed by atoms with Crippen LogP contribution in [0.15, 0.2) is 57.6 Å². The minimum absolute atomic E-state index is 0.169. The zero-order valence-electron chi connectivity index (χ0n) is 15.8. The van der Waals surface area contributed by atoms with Gasteiger partial charge in [-0.15, -0.1) is 0 Å². The summed E-state index contributed by atoms with van der Waals surface area (Å²) in [4.78, 5) is 17.7. The molecule has 0 aliphatic heterocycles. The van der Waals surface area contributed by atoms with Crippen LogP contribution >= 0.6 is 0 Å². The smallest absolute Gasteiger partial charge is 0.289 e. The first kappa shape index (κ1) is 17.7. The second-order valence-electron chi connectivity index (χ2n) is 6.57. The van der Waals surface area contributed by atoms with Crippen LogP contribution in [-0.4, -0.2) is 44.8 Å². The van der Waals surface area contributed by atoms with Gasteiger partial charge in [-0.2, -0.15) is 10.1 Å². The van der Waals surface area contributed by atoms with Crippen molar-refractivity contribution in [2.75, 3.05) is 14.1 Å². The topological polar surface area (TPSA) is 90.2 Å². The van der Waals surface area contributed by atoms with Gasteiger partial charge in [-0.25, -0.2) is 0 Å². The molecule has 8 nitrogen and oxygen atoms in total. The third kappa shape index (κ3) is 3.57. The molecule has 3 aromatic heterocycles. The lowest BCUT2D eigenvalue weighted by atomic mass is 10.1. The Hall–Kier alpha value is -3.68. The summed E-state index contributed by atoms with van der Waals surface area (Å²) in [5.41, 5.74) is 2.63. The maximum Gasteiger partial charge on any atom is 0.289 e. The summed E-state index contributed by atoms with van der Waals surface area (Å²) in [6.07, 6.45) is 1.87. The van der Waals surface area contributed by atoms with Gasteiger partial charge in [0.2, 0.25) is 5.89 Å². The third-order valence-corrected chi connectivity index (χ3v) is 4.18. The van der Waals surface area contributed by atoms with Crippen molar-refractivity contribution in [2.45, 2.75) is 13.5 Å². The van der Waals surface area contributed by atoms with Crippen LogP contribution in [0.1, 0.15) is 22.3 Å². The molecule has 4 rings (SSSR count). The summed E-state index contributed by atoms with van der Waals surface area (Å²) in [6.45, 7) is 2.19. The molecule has 0 bridgehead atoms. The second-order valence-corrected chi connectivity index (χ2v) is 6.57. The van der Waals surface area contributed by atoms with Crippen LogP contribution in [0, 0.1) is 6.92 Å². The molecule has 3 heterocycles. The first-order valence-corrected chi connectivity index (χ1v) is 8.74. The number of furan rings is 1. The number of amides is 1. The first-order valence-electron chi connectivity index (χ1n) is 8.74. The van der Waals surface area contributed by atoms with Crippen molar-refractivity contribution in [3.05, 3.63) is 66.1 Å². The van der Waals surface area contributed by atoms with Gasteiger partial charge in [-0.05, 0) is 24.3 Å². The van der Waals surface area contributed by atoms with E-state index in [1.54, 1.807) is 37.8 Å². The fourth-order valence-corrected chi connectivity index (χ4v) is 2.81. The van der Waals surface area contributed by atoms with Crippen molar-refractivity contribution < 1.29 is 13.7 Å². The minimum Gasteiger partial charge on any atom is -0.451 e. The van der Waals surface area contributed by atoms with Crippen LogP contribution < -0.4 is 0 Å². The van der Waals surface area contributed by atoms with Gasteiger partial charge in [0.15, 0.2) is 11.6 Å². The maximum atomic E-state index is 12.0. The number of aryl methyl sites for hydroxylation is 1. The lowest BCUT2D eigenvalue weighted by Crippen LogP contribution is -2.20. The van der Waals surface area contributed by atoms with E-state index in [9.17, 15) is 4.79 Å². The normalized spacial score (nSPS) is 11.0. The lowest BCUT2D eigenvalue weighted by Gasteiger charge is -2.07. The Bertz CT molecular complexity index is 1120. The maximum absolute atomic E-state index is 12.0. The van der Waals surface area contributed by atoms with Crippen LogP contribution in [0.2, 0.25) is 0 Å². The van der Waals surface area contributed by atoms with E-state index in [0.717, 1.165) is 16.8 Å². The van der Waals surface area contributed by atoms with E-state index in [1.807, 2.05) is 36.5 Å².